The first-order valence-electron chi connectivity index (χ1n) is 9.39. The number of ether oxygens (including phenoxy) is 2. The molecule has 2 amide bonds. The number of methoxy groups -OCH3 is 1. The van der Waals surface area contributed by atoms with Crippen molar-refractivity contribution < 1.29 is 23.5 Å². The summed E-state index contributed by atoms with van der Waals surface area (Å²) in [5.74, 6) is 0.214. The highest BCUT2D eigenvalue weighted by atomic mass is 19.1. The third-order valence-corrected chi connectivity index (χ3v) is 5.68. The number of halogens is 1. The van der Waals surface area contributed by atoms with Crippen molar-refractivity contribution in [2.45, 2.75) is 50.1 Å². The molecule has 3 rings (SSSR count). The van der Waals surface area contributed by atoms with Gasteiger partial charge in [0.15, 0.2) is 0 Å². The van der Waals surface area contributed by atoms with Gasteiger partial charge in [-0.2, -0.15) is 0 Å². The lowest BCUT2D eigenvalue weighted by atomic mass is 9.84. The van der Waals surface area contributed by atoms with Crippen LogP contribution < -0.4 is 10.1 Å². The quantitative estimate of drug-likeness (QED) is 0.789. The summed E-state index contributed by atoms with van der Waals surface area (Å²) in [4.78, 5) is 26.2. The molecule has 1 aromatic rings. The summed E-state index contributed by atoms with van der Waals surface area (Å²) in [6.07, 6.45) is 2.95. The molecule has 2 aliphatic heterocycles. The number of nitrogens with zero attached hydrogens (tertiary/aromatic N) is 1. The molecule has 2 saturated heterocycles. The van der Waals surface area contributed by atoms with E-state index in [2.05, 4.69) is 5.32 Å². The standard InChI is InChI=1S/C20H27FN2O4/c1-23(15-7-10-27-13-15)19(25)6-9-20(8-5-18(24)22-20)12-14-11-16(26-2)3-4-17(14)21/h3-4,11,15H,5-10,12-13H2,1-2H3,(H,22,24)/t15-,20-/m0/s1. The fourth-order valence-electron chi connectivity index (χ4n) is 3.91. The fourth-order valence-corrected chi connectivity index (χ4v) is 3.91. The average molecular weight is 378 g/mol. The number of hydrogen-bond acceptors (Lipinski definition) is 4. The second-order valence-corrected chi connectivity index (χ2v) is 7.48. The van der Waals surface area contributed by atoms with Crippen molar-refractivity contribution in [1.29, 1.82) is 0 Å². The summed E-state index contributed by atoms with van der Waals surface area (Å²) >= 11 is 0. The second-order valence-electron chi connectivity index (χ2n) is 7.48. The molecule has 2 heterocycles. The van der Waals surface area contributed by atoms with Gasteiger partial charge in [0.25, 0.3) is 0 Å². The molecule has 1 N–H and O–H groups in total. The van der Waals surface area contributed by atoms with E-state index in [1.165, 1.54) is 13.2 Å². The van der Waals surface area contributed by atoms with E-state index in [0.717, 1.165) is 6.42 Å². The number of carbonyl (C=O) groups excluding carboxylic acids is 2. The molecular formula is C20H27FN2O4. The van der Waals surface area contributed by atoms with Crippen LogP contribution in [0.25, 0.3) is 0 Å². The third-order valence-electron chi connectivity index (χ3n) is 5.68. The normalized spacial score (nSPS) is 24.7. The van der Waals surface area contributed by atoms with Crippen molar-refractivity contribution in [3.63, 3.8) is 0 Å². The Kier molecular flexibility index (Phi) is 5.99. The van der Waals surface area contributed by atoms with E-state index in [4.69, 9.17) is 9.47 Å². The second kappa shape index (κ2) is 8.25. The van der Waals surface area contributed by atoms with Crippen LogP contribution in [0.1, 0.15) is 37.7 Å². The summed E-state index contributed by atoms with van der Waals surface area (Å²) in [6.45, 7) is 1.25. The fraction of sp³-hybridized carbons (Fsp3) is 0.600. The minimum absolute atomic E-state index is 0.0251. The highest BCUT2D eigenvalue weighted by Gasteiger charge is 2.39. The summed E-state index contributed by atoms with van der Waals surface area (Å²) < 4.78 is 24.8. The first-order chi connectivity index (χ1) is 12.9. The number of benzene rings is 1. The smallest absolute Gasteiger partial charge is 0.222 e. The van der Waals surface area contributed by atoms with Gasteiger partial charge in [-0.3, -0.25) is 9.59 Å². The molecule has 0 bridgehead atoms. The largest absolute Gasteiger partial charge is 0.497 e. The number of rotatable bonds is 7. The van der Waals surface area contributed by atoms with Crippen molar-refractivity contribution in [3.05, 3.63) is 29.6 Å². The molecule has 7 heteroatoms. The first-order valence-corrected chi connectivity index (χ1v) is 9.39. The van der Waals surface area contributed by atoms with Gasteiger partial charge in [-0.05, 0) is 49.4 Å². The Labute approximate surface area is 159 Å². The molecule has 0 saturated carbocycles. The Morgan fingerprint density at radius 3 is 2.93 bits per heavy atom. The van der Waals surface area contributed by atoms with Crippen molar-refractivity contribution in [2.24, 2.45) is 0 Å². The molecule has 0 spiro atoms. The predicted molar refractivity (Wildman–Crippen MR) is 98.0 cm³/mol. The van der Waals surface area contributed by atoms with Crippen LogP contribution >= 0.6 is 0 Å². The summed E-state index contributed by atoms with van der Waals surface area (Å²) in [7, 11) is 3.33. The zero-order chi connectivity index (χ0) is 19.4. The van der Waals surface area contributed by atoms with Gasteiger partial charge in [0.05, 0.1) is 19.8 Å². The van der Waals surface area contributed by atoms with Gasteiger partial charge in [0.1, 0.15) is 11.6 Å². The number of nitrogens with one attached hydrogen (secondary N) is 1. The van der Waals surface area contributed by atoms with Crippen LogP contribution in [0.3, 0.4) is 0 Å². The van der Waals surface area contributed by atoms with Crippen molar-refractivity contribution in [2.75, 3.05) is 27.4 Å². The number of carbonyl (C=O) groups is 2. The summed E-state index contributed by atoms with van der Waals surface area (Å²) in [6, 6.07) is 4.71. The van der Waals surface area contributed by atoms with E-state index in [9.17, 15) is 14.0 Å². The maximum absolute atomic E-state index is 14.3. The van der Waals surface area contributed by atoms with Crippen LogP contribution in [0.4, 0.5) is 4.39 Å². The Hall–Kier alpha value is -2.15. The number of hydrogen-bond donors (Lipinski definition) is 1. The zero-order valence-corrected chi connectivity index (χ0v) is 15.9. The van der Waals surface area contributed by atoms with Gasteiger partial charge < -0.3 is 19.7 Å². The minimum Gasteiger partial charge on any atom is -0.497 e. The summed E-state index contributed by atoms with van der Waals surface area (Å²) in [5, 5.41) is 3.00. The summed E-state index contributed by atoms with van der Waals surface area (Å²) in [5.41, 5.74) is -0.117. The molecule has 2 atom stereocenters. The molecule has 27 heavy (non-hydrogen) atoms. The zero-order valence-electron chi connectivity index (χ0n) is 15.9. The van der Waals surface area contributed by atoms with Crippen LogP contribution in [0.5, 0.6) is 5.75 Å². The number of likely N-dealkylation sites (N-methyl/N-ethyl adjacent to an activating group) is 1. The van der Waals surface area contributed by atoms with Crippen molar-refractivity contribution in [1.82, 2.24) is 10.2 Å². The lowest BCUT2D eigenvalue weighted by Gasteiger charge is -2.31. The van der Waals surface area contributed by atoms with Crippen LogP contribution in [-0.4, -0.2) is 55.7 Å². The third kappa shape index (κ3) is 4.58. The Bertz CT molecular complexity index is 705. The average Bonchev–Trinajstić information content (AvgIpc) is 3.31. The maximum atomic E-state index is 14.3. The highest BCUT2D eigenvalue weighted by molar-refractivity contribution is 5.80. The lowest BCUT2D eigenvalue weighted by Crippen LogP contribution is -2.45. The molecule has 6 nitrogen and oxygen atoms in total. The van der Waals surface area contributed by atoms with E-state index < -0.39 is 5.54 Å². The molecular weight excluding hydrogens is 351 g/mol. The van der Waals surface area contributed by atoms with Gasteiger partial charge in [0, 0.05) is 32.0 Å². The van der Waals surface area contributed by atoms with Crippen LogP contribution in [0, 0.1) is 5.82 Å². The molecule has 0 aromatic heterocycles. The minimum atomic E-state index is -0.604. The predicted octanol–water partition coefficient (Wildman–Crippen LogP) is 2.05. The van der Waals surface area contributed by atoms with Crippen molar-refractivity contribution in [3.8, 4) is 5.75 Å². The molecule has 2 aliphatic rings. The molecule has 2 fully saturated rings. The van der Waals surface area contributed by atoms with E-state index in [1.54, 1.807) is 24.1 Å². The van der Waals surface area contributed by atoms with E-state index >= 15 is 0 Å². The SMILES string of the molecule is COc1ccc(F)c(C[C@@]2(CCC(=O)N(C)[C@H]3CCOC3)CCC(=O)N2)c1. The van der Waals surface area contributed by atoms with Gasteiger partial charge in [-0.1, -0.05) is 0 Å². The van der Waals surface area contributed by atoms with E-state index in [-0.39, 0.29) is 23.7 Å². The van der Waals surface area contributed by atoms with E-state index in [1.807, 2.05) is 0 Å². The Morgan fingerprint density at radius 2 is 2.30 bits per heavy atom. The molecule has 0 unspecified atom stereocenters. The molecule has 0 radical (unpaired) electrons. The van der Waals surface area contributed by atoms with Gasteiger partial charge in [-0.15, -0.1) is 0 Å². The lowest BCUT2D eigenvalue weighted by molar-refractivity contribution is -0.132. The Balaban J connectivity index is 1.70. The molecule has 148 valence electrons. The van der Waals surface area contributed by atoms with Crippen LogP contribution in [0.2, 0.25) is 0 Å². The maximum Gasteiger partial charge on any atom is 0.222 e. The Morgan fingerprint density at radius 1 is 1.48 bits per heavy atom. The highest BCUT2D eigenvalue weighted by Crippen LogP contribution is 2.32. The first kappa shape index (κ1) is 19.6. The van der Waals surface area contributed by atoms with Gasteiger partial charge >= 0.3 is 0 Å². The van der Waals surface area contributed by atoms with Crippen LogP contribution in [-0.2, 0) is 20.7 Å². The molecule has 0 aliphatic carbocycles. The number of amides is 2. The van der Waals surface area contributed by atoms with Gasteiger partial charge in [-0.25, -0.2) is 4.39 Å². The van der Waals surface area contributed by atoms with E-state index in [0.29, 0.717) is 56.6 Å². The van der Waals surface area contributed by atoms with Gasteiger partial charge in [0.2, 0.25) is 11.8 Å². The molecule has 1 aromatic carbocycles. The van der Waals surface area contributed by atoms with Crippen molar-refractivity contribution >= 4 is 11.8 Å². The van der Waals surface area contributed by atoms with Crippen LogP contribution in [0.15, 0.2) is 18.2 Å². The topological polar surface area (TPSA) is 67.9 Å². The monoisotopic (exact) mass is 378 g/mol.